The lowest BCUT2D eigenvalue weighted by molar-refractivity contribution is 0.224. The molecule has 0 saturated heterocycles. The Morgan fingerprint density at radius 3 is 3.00 bits per heavy atom. The minimum absolute atomic E-state index is 0.598. The maximum absolute atomic E-state index is 4.37. The lowest BCUT2D eigenvalue weighted by Crippen LogP contribution is -2.23. The highest BCUT2D eigenvalue weighted by atomic mass is 15.2. The van der Waals surface area contributed by atoms with Crippen molar-refractivity contribution in [3.63, 3.8) is 0 Å². The molecule has 3 heteroatoms. The topological polar surface area (TPSA) is 29.9 Å². The van der Waals surface area contributed by atoms with Gasteiger partial charge in [0, 0.05) is 25.0 Å². The van der Waals surface area contributed by atoms with Gasteiger partial charge < -0.3 is 9.88 Å². The average Bonchev–Trinajstić information content (AvgIpc) is 2.59. The SMILES string of the molecule is CCCNc1nccn1C(C)C1CCC1. The number of imidazole rings is 1. The normalized spacial score (nSPS) is 18.5. The molecule has 0 radical (unpaired) electrons. The molecule has 1 aromatic rings. The molecule has 0 spiro atoms. The first kappa shape index (κ1) is 10.5. The van der Waals surface area contributed by atoms with Crippen LogP contribution in [-0.2, 0) is 0 Å². The summed E-state index contributed by atoms with van der Waals surface area (Å²) in [7, 11) is 0. The number of rotatable bonds is 5. The van der Waals surface area contributed by atoms with Gasteiger partial charge in [0.25, 0.3) is 0 Å². The Morgan fingerprint density at radius 1 is 1.60 bits per heavy atom. The van der Waals surface area contributed by atoms with E-state index < -0.39 is 0 Å². The molecule has 84 valence electrons. The van der Waals surface area contributed by atoms with Crippen molar-refractivity contribution in [2.24, 2.45) is 5.92 Å². The summed E-state index contributed by atoms with van der Waals surface area (Å²) in [4.78, 5) is 4.37. The van der Waals surface area contributed by atoms with Crippen LogP contribution in [0.2, 0.25) is 0 Å². The Labute approximate surface area is 91.9 Å². The number of nitrogens with one attached hydrogen (secondary N) is 1. The quantitative estimate of drug-likeness (QED) is 0.804. The minimum Gasteiger partial charge on any atom is -0.356 e. The van der Waals surface area contributed by atoms with E-state index in [9.17, 15) is 0 Å². The molecule has 1 aliphatic carbocycles. The summed E-state index contributed by atoms with van der Waals surface area (Å²) >= 11 is 0. The van der Waals surface area contributed by atoms with Gasteiger partial charge in [-0.15, -0.1) is 0 Å². The molecule has 1 fully saturated rings. The van der Waals surface area contributed by atoms with E-state index in [0.717, 1.165) is 24.8 Å². The average molecular weight is 207 g/mol. The highest BCUT2D eigenvalue weighted by Gasteiger charge is 2.26. The fraction of sp³-hybridized carbons (Fsp3) is 0.750. The second kappa shape index (κ2) is 4.69. The molecular formula is C12H21N3. The standard InChI is InChI=1S/C12H21N3/c1-3-7-13-12-14-8-9-15(12)10(2)11-5-4-6-11/h8-11H,3-7H2,1-2H3,(H,13,14). The number of aromatic nitrogens is 2. The monoisotopic (exact) mass is 207 g/mol. The molecule has 1 N–H and O–H groups in total. The maximum Gasteiger partial charge on any atom is 0.203 e. The van der Waals surface area contributed by atoms with E-state index in [1.165, 1.54) is 19.3 Å². The van der Waals surface area contributed by atoms with Gasteiger partial charge in [0.1, 0.15) is 0 Å². The summed E-state index contributed by atoms with van der Waals surface area (Å²) in [5.74, 6) is 1.90. The van der Waals surface area contributed by atoms with Gasteiger partial charge in [0.15, 0.2) is 0 Å². The molecule has 1 aromatic heterocycles. The van der Waals surface area contributed by atoms with Crippen LogP contribution < -0.4 is 5.32 Å². The van der Waals surface area contributed by atoms with Gasteiger partial charge in [0.05, 0.1) is 0 Å². The molecule has 1 unspecified atom stereocenters. The van der Waals surface area contributed by atoms with E-state index in [4.69, 9.17) is 0 Å². The summed E-state index contributed by atoms with van der Waals surface area (Å²) in [6, 6.07) is 0.598. The molecule has 0 amide bonds. The lowest BCUT2D eigenvalue weighted by atomic mass is 9.80. The van der Waals surface area contributed by atoms with E-state index in [1.807, 2.05) is 6.20 Å². The Kier molecular flexibility index (Phi) is 3.29. The Morgan fingerprint density at radius 2 is 2.40 bits per heavy atom. The largest absolute Gasteiger partial charge is 0.356 e. The molecule has 1 aliphatic rings. The van der Waals surface area contributed by atoms with Crippen LogP contribution in [0.15, 0.2) is 12.4 Å². The fourth-order valence-electron chi connectivity index (χ4n) is 2.16. The van der Waals surface area contributed by atoms with Crippen LogP contribution in [0, 0.1) is 5.92 Å². The first-order valence-electron chi connectivity index (χ1n) is 6.09. The Balaban J connectivity index is 2.02. The smallest absolute Gasteiger partial charge is 0.203 e. The van der Waals surface area contributed by atoms with Crippen molar-refractivity contribution >= 4 is 5.95 Å². The molecule has 0 aliphatic heterocycles. The van der Waals surface area contributed by atoms with Crippen molar-refractivity contribution in [2.45, 2.75) is 45.6 Å². The van der Waals surface area contributed by atoms with Crippen molar-refractivity contribution in [3.05, 3.63) is 12.4 Å². The van der Waals surface area contributed by atoms with Crippen molar-refractivity contribution in [1.82, 2.24) is 9.55 Å². The summed E-state index contributed by atoms with van der Waals surface area (Å²) < 4.78 is 2.29. The van der Waals surface area contributed by atoms with Gasteiger partial charge in [-0.1, -0.05) is 13.3 Å². The van der Waals surface area contributed by atoms with Crippen LogP contribution in [0.1, 0.15) is 45.6 Å². The summed E-state index contributed by atoms with van der Waals surface area (Å²) in [6.45, 7) is 5.49. The third kappa shape index (κ3) is 2.16. The fourth-order valence-corrected chi connectivity index (χ4v) is 2.16. The zero-order valence-corrected chi connectivity index (χ0v) is 9.74. The van der Waals surface area contributed by atoms with E-state index >= 15 is 0 Å². The summed E-state index contributed by atoms with van der Waals surface area (Å²) in [5.41, 5.74) is 0. The zero-order chi connectivity index (χ0) is 10.7. The highest BCUT2D eigenvalue weighted by molar-refractivity contribution is 5.26. The van der Waals surface area contributed by atoms with Gasteiger partial charge in [-0.2, -0.15) is 0 Å². The van der Waals surface area contributed by atoms with Crippen molar-refractivity contribution in [3.8, 4) is 0 Å². The second-order valence-electron chi connectivity index (χ2n) is 4.52. The van der Waals surface area contributed by atoms with Crippen LogP contribution in [0.3, 0.4) is 0 Å². The van der Waals surface area contributed by atoms with E-state index in [1.54, 1.807) is 0 Å². The van der Waals surface area contributed by atoms with Crippen molar-refractivity contribution in [2.75, 3.05) is 11.9 Å². The molecular weight excluding hydrogens is 186 g/mol. The van der Waals surface area contributed by atoms with Crippen molar-refractivity contribution < 1.29 is 0 Å². The van der Waals surface area contributed by atoms with Gasteiger partial charge in [0.2, 0.25) is 5.95 Å². The molecule has 1 saturated carbocycles. The number of hydrogen-bond acceptors (Lipinski definition) is 2. The third-order valence-corrected chi connectivity index (χ3v) is 3.47. The van der Waals surface area contributed by atoms with Gasteiger partial charge in [-0.05, 0) is 32.1 Å². The van der Waals surface area contributed by atoms with Crippen LogP contribution in [0.4, 0.5) is 5.95 Å². The van der Waals surface area contributed by atoms with E-state index in [-0.39, 0.29) is 0 Å². The minimum atomic E-state index is 0.598. The van der Waals surface area contributed by atoms with E-state index in [0.29, 0.717) is 6.04 Å². The number of anilines is 1. The van der Waals surface area contributed by atoms with Gasteiger partial charge in [-0.25, -0.2) is 4.98 Å². The first-order chi connectivity index (χ1) is 7.33. The first-order valence-corrected chi connectivity index (χ1v) is 6.09. The van der Waals surface area contributed by atoms with E-state index in [2.05, 4.69) is 34.9 Å². The van der Waals surface area contributed by atoms with Crippen LogP contribution in [-0.4, -0.2) is 16.1 Å². The molecule has 15 heavy (non-hydrogen) atoms. The van der Waals surface area contributed by atoms with Crippen LogP contribution in [0.5, 0.6) is 0 Å². The molecule has 0 aromatic carbocycles. The lowest BCUT2D eigenvalue weighted by Gasteiger charge is -2.33. The Bertz CT molecular complexity index is 302. The molecule has 1 atom stereocenters. The van der Waals surface area contributed by atoms with Gasteiger partial charge in [-0.3, -0.25) is 0 Å². The predicted octanol–water partition coefficient (Wildman–Crippen LogP) is 3.07. The maximum atomic E-state index is 4.37. The van der Waals surface area contributed by atoms with Gasteiger partial charge >= 0.3 is 0 Å². The number of nitrogens with zero attached hydrogens (tertiary/aromatic N) is 2. The summed E-state index contributed by atoms with van der Waals surface area (Å²) in [6.07, 6.45) is 9.30. The Hall–Kier alpha value is -0.990. The number of hydrogen-bond donors (Lipinski definition) is 1. The summed E-state index contributed by atoms with van der Waals surface area (Å²) in [5, 5.41) is 3.38. The molecule has 3 nitrogen and oxygen atoms in total. The second-order valence-corrected chi connectivity index (χ2v) is 4.52. The van der Waals surface area contributed by atoms with Crippen molar-refractivity contribution in [1.29, 1.82) is 0 Å². The predicted molar refractivity (Wildman–Crippen MR) is 63.1 cm³/mol. The third-order valence-electron chi connectivity index (χ3n) is 3.47. The molecule has 2 rings (SSSR count). The molecule has 1 heterocycles. The zero-order valence-electron chi connectivity index (χ0n) is 9.74. The van der Waals surface area contributed by atoms with Crippen LogP contribution >= 0.6 is 0 Å². The highest BCUT2D eigenvalue weighted by Crippen LogP contribution is 2.36. The van der Waals surface area contributed by atoms with Crippen LogP contribution in [0.25, 0.3) is 0 Å². The molecule has 0 bridgehead atoms.